The summed E-state index contributed by atoms with van der Waals surface area (Å²) in [7, 11) is 0. The Bertz CT molecular complexity index is 989. The van der Waals surface area contributed by atoms with Crippen molar-refractivity contribution in [1.82, 2.24) is 0 Å². The van der Waals surface area contributed by atoms with Gasteiger partial charge in [0.25, 0.3) is 0 Å². The van der Waals surface area contributed by atoms with Gasteiger partial charge in [-0.2, -0.15) is 0 Å². The average molecular weight is 343 g/mol. The minimum absolute atomic E-state index is 0.0588. The van der Waals surface area contributed by atoms with Gasteiger partial charge in [-0.25, -0.2) is 0 Å². The molecule has 1 atom stereocenters. The number of aliphatic hydroxyl groups excluding tert-OH is 1. The molecule has 0 saturated heterocycles. The molecule has 122 valence electrons. The normalized spacial score (nSPS) is 16.2. The Labute approximate surface area is 143 Å². The van der Waals surface area contributed by atoms with Crippen LogP contribution in [0.1, 0.15) is 11.1 Å². The molecule has 0 amide bonds. The smallest absolute Gasteiger partial charge is 0.196 e. The van der Waals surface area contributed by atoms with Crippen LogP contribution in [0.4, 0.5) is 0 Å². The molecule has 0 aliphatic carbocycles. The summed E-state index contributed by atoms with van der Waals surface area (Å²) >= 11 is 5.94. The topological polar surface area (TPSA) is 59.7 Å². The molecule has 0 spiro atoms. The quantitative estimate of drug-likeness (QED) is 0.771. The number of benzene rings is 2. The lowest BCUT2D eigenvalue weighted by Crippen LogP contribution is -2.17. The van der Waals surface area contributed by atoms with Gasteiger partial charge in [-0.05, 0) is 43.3 Å². The van der Waals surface area contributed by atoms with E-state index in [9.17, 15) is 9.90 Å². The van der Waals surface area contributed by atoms with Gasteiger partial charge in [0.05, 0.1) is 12.0 Å². The van der Waals surface area contributed by atoms with Crippen molar-refractivity contribution in [3.63, 3.8) is 0 Å². The van der Waals surface area contributed by atoms with Crippen molar-refractivity contribution >= 4 is 22.6 Å². The minimum atomic E-state index is -0.295. The van der Waals surface area contributed by atoms with Crippen molar-refractivity contribution in [2.75, 3.05) is 6.61 Å². The Morgan fingerprint density at radius 3 is 2.67 bits per heavy atom. The molecule has 2 heterocycles. The highest BCUT2D eigenvalue weighted by molar-refractivity contribution is 6.30. The van der Waals surface area contributed by atoms with Gasteiger partial charge in [-0.1, -0.05) is 11.6 Å². The third kappa shape index (κ3) is 2.30. The molecule has 0 fully saturated rings. The summed E-state index contributed by atoms with van der Waals surface area (Å²) in [5, 5.41) is 10.5. The van der Waals surface area contributed by atoms with E-state index < -0.39 is 0 Å². The van der Waals surface area contributed by atoms with Crippen molar-refractivity contribution in [1.29, 1.82) is 0 Å². The molecule has 5 heteroatoms. The second-order valence-corrected chi connectivity index (χ2v) is 6.37. The van der Waals surface area contributed by atoms with Crippen molar-refractivity contribution in [2.24, 2.45) is 0 Å². The number of hydrogen-bond acceptors (Lipinski definition) is 4. The number of halogens is 1. The molecule has 0 radical (unpaired) electrons. The first-order valence-corrected chi connectivity index (χ1v) is 8.09. The molecule has 1 aromatic heterocycles. The van der Waals surface area contributed by atoms with Crippen LogP contribution in [-0.2, 0) is 6.42 Å². The van der Waals surface area contributed by atoms with Crippen LogP contribution in [-0.4, -0.2) is 17.8 Å². The SMILES string of the molecule is Cc1c(-c2ccc(Cl)cc2)oc2c3c(ccc2c1=O)OC(CO)C3. The first-order chi connectivity index (χ1) is 11.6. The van der Waals surface area contributed by atoms with Gasteiger partial charge in [-0.3, -0.25) is 4.79 Å². The van der Waals surface area contributed by atoms with E-state index in [4.69, 9.17) is 20.8 Å². The van der Waals surface area contributed by atoms with Gasteiger partial charge in [0, 0.05) is 28.1 Å². The van der Waals surface area contributed by atoms with Crippen molar-refractivity contribution < 1.29 is 14.3 Å². The van der Waals surface area contributed by atoms with Crippen molar-refractivity contribution in [3.8, 4) is 17.1 Å². The highest BCUT2D eigenvalue weighted by atomic mass is 35.5. The van der Waals surface area contributed by atoms with E-state index in [1.807, 2.05) is 12.1 Å². The van der Waals surface area contributed by atoms with E-state index in [1.54, 1.807) is 31.2 Å². The molecule has 3 aromatic rings. The number of rotatable bonds is 2. The largest absolute Gasteiger partial charge is 0.487 e. The summed E-state index contributed by atoms with van der Waals surface area (Å²) in [6.45, 7) is 1.69. The maximum Gasteiger partial charge on any atom is 0.196 e. The molecular formula is C19H15ClO4. The molecule has 1 aliphatic rings. The third-order valence-corrected chi connectivity index (χ3v) is 4.63. The maximum absolute atomic E-state index is 12.8. The highest BCUT2D eigenvalue weighted by Crippen LogP contribution is 2.36. The van der Waals surface area contributed by atoms with Gasteiger partial charge in [-0.15, -0.1) is 0 Å². The van der Waals surface area contributed by atoms with Crippen LogP contribution in [0.25, 0.3) is 22.3 Å². The standard InChI is InChI=1S/C19H15ClO4/c1-10-17(22)14-6-7-16-15(8-13(9-21)23-16)19(14)24-18(10)11-2-4-12(20)5-3-11/h2-7,13,21H,8-9H2,1H3. The molecule has 1 N–H and O–H groups in total. The van der Waals surface area contributed by atoms with Gasteiger partial charge < -0.3 is 14.3 Å². The summed E-state index contributed by atoms with van der Waals surface area (Å²) in [5.74, 6) is 1.20. The summed E-state index contributed by atoms with van der Waals surface area (Å²) in [6, 6.07) is 10.7. The zero-order valence-corrected chi connectivity index (χ0v) is 13.8. The molecule has 0 bridgehead atoms. The summed E-state index contributed by atoms with van der Waals surface area (Å²) in [4.78, 5) is 12.8. The Kier molecular flexibility index (Phi) is 3.59. The van der Waals surface area contributed by atoms with Gasteiger partial charge in [0.15, 0.2) is 5.43 Å². The highest BCUT2D eigenvalue weighted by Gasteiger charge is 2.27. The van der Waals surface area contributed by atoms with Crippen LogP contribution >= 0.6 is 11.6 Å². The number of ether oxygens (including phenoxy) is 1. The summed E-state index contributed by atoms with van der Waals surface area (Å²) < 4.78 is 11.8. The fourth-order valence-electron chi connectivity index (χ4n) is 3.12. The molecule has 24 heavy (non-hydrogen) atoms. The lowest BCUT2D eigenvalue weighted by atomic mass is 10.0. The second-order valence-electron chi connectivity index (χ2n) is 5.94. The average Bonchev–Trinajstić information content (AvgIpc) is 3.02. The lowest BCUT2D eigenvalue weighted by molar-refractivity contribution is 0.134. The molecule has 2 aromatic carbocycles. The molecule has 4 nitrogen and oxygen atoms in total. The molecule has 1 unspecified atom stereocenters. The van der Waals surface area contributed by atoms with E-state index in [0.717, 1.165) is 11.1 Å². The van der Waals surface area contributed by atoms with Gasteiger partial charge in [0.1, 0.15) is 23.2 Å². The van der Waals surface area contributed by atoms with Crippen LogP contribution in [0, 0.1) is 6.92 Å². The number of aliphatic hydroxyl groups is 1. The van der Waals surface area contributed by atoms with Crippen LogP contribution < -0.4 is 10.2 Å². The molecule has 1 aliphatic heterocycles. The van der Waals surface area contributed by atoms with Gasteiger partial charge in [0.2, 0.25) is 0 Å². The number of fused-ring (bicyclic) bond motifs is 3. The first kappa shape index (κ1) is 15.2. The summed E-state index contributed by atoms with van der Waals surface area (Å²) in [5.41, 5.74) is 2.66. The third-order valence-electron chi connectivity index (χ3n) is 4.38. The Balaban J connectivity index is 1.98. The monoisotopic (exact) mass is 342 g/mol. The predicted octanol–water partition coefficient (Wildman–Crippen LogP) is 3.72. The second kappa shape index (κ2) is 5.65. The van der Waals surface area contributed by atoms with E-state index >= 15 is 0 Å². The Morgan fingerprint density at radius 2 is 1.96 bits per heavy atom. The van der Waals surface area contributed by atoms with E-state index in [0.29, 0.717) is 39.5 Å². The first-order valence-electron chi connectivity index (χ1n) is 7.71. The summed E-state index contributed by atoms with van der Waals surface area (Å²) in [6.07, 6.45) is 0.228. The van der Waals surface area contributed by atoms with Crippen LogP contribution in [0.3, 0.4) is 0 Å². The Hall–Kier alpha value is -2.30. The van der Waals surface area contributed by atoms with E-state index in [-0.39, 0.29) is 18.1 Å². The zero-order valence-electron chi connectivity index (χ0n) is 13.0. The van der Waals surface area contributed by atoms with Crippen molar-refractivity contribution in [2.45, 2.75) is 19.4 Å². The van der Waals surface area contributed by atoms with Crippen LogP contribution in [0.15, 0.2) is 45.6 Å². The Morgan fingerprint density at radius 1 is 1.21 bits per heavy atom. The fourth-order valence-corrected chi connectivity index (χ4v) is 3.25. The predicted molar refractivity (Wildman–Crippen MR) is 92.9 cm³/mol. The van der Waals surface area contributed by atoms with E-state index in [2.05, 4.69) is 0 Å². The fraction of sp³-hybridized carbons (Fsp3) is 0.211. The maximum atomic E-state index is 12.8. The van der Waals surface area contributed by atoms with Crippen molar-refractivity contribution in [3.05, 3.63) is 62.8 Å². The zero-order chi connectivity index (χ0) is 16.8. The number of hydrogen-bond donors (Lipinski definition) is 1. The molecular weight excluding hydrogens is 328 g/mol. The van der Waals surface area contributed by atoms with Crippen LogP contribution in [0.2, 0.25) is 5.02 Å². The lowest BCUT2D eigenvalue weighted by Gasteiger charge is -2.09. The van der Waals surface area contributed by atoms with Gasteiger partial charge >= 0.3 is 0 Å². The molecule has 4 rings (SSSR count). The minimum Gasteiger partial charge on any atom is -0.487 e. The van der Waals surface area contributed by atoms with E-state index in [1.165, 1.54) is 0 Å². The van der Waals surface area contributed by atoms with Crippen LogP contribution in [0.5, 0.6) is 5.75 Å². The molecule has 0 saturated carbocycles.